The Bertz CT molecular complexity index is 2320. The molecule has 0 radical (unpaired) electrons. The molecular formula is C45H33NO. The van der Waals surface area contributed by atoms with Crippen molar-refractivity contribution in [3.63, 3.8) is 0 Å². The molecule has 1 aliphatic rings. The van der Waals surface area contributed by atoms with Gasteiger partial charge in [-0.2, -0.15) is 0 Å². The molecule has 2 heteroatoms. The third kappa shape index (κ3) is 4.40. The molecule has 0 atom stereocenters. The van der Waals surface area contributed by atoms with Gasteiger partial charge in [-0.1, -0.05) is 129 Å². The number of nitrogens with zero attached hydrogens (tertiary/aromatic N) is 1. The van der Waals surface area contributed by atoms with Gasteiger partial charge in [0, 0.05) is 27.6 Å². The first-order valence-electron chi connectivity index (χ1n) is 16.3. The van der Waals surface area contributed by atoms with Crippen LogP contribution in [0.4, 0.5) is 17.1 Å². The average Bonchev–Trinajstić information content (AvgIpc) is 3.60. The summed E-state index contributed by atoms with van der Waals surface area (Å²) in [5.41, 5.74) is 15.1. The molecule has 0 saturated heterocycles. The van der Waals surface area contributed by atoms with E-state index in [1.807, 2.05) is 6.07 Å². The quantitative estimate of drug-likeness (QED) is 0.195. The first kappa shape index (κ1) is 27.5. The summed E-state index contributed by atoms with van der Waals surface area (Å²) >= 11 is 0. The van der Waals surface area contributed by atoms with Gasteiger partial charge in [0.2, 0.25) is 0 Å². The molecule has 9 rings (SSSR count). The molecule has 0 unspecified atom stereocenters. The van der Waals surface area contributed by atoms with E-state index < -0.39 is 0 Å². The first-order valence-corrected chi connectivity index (χ1v) is 16.3. The number of furan rings is 1. The fraction of sp³-hybridized carbons (Fsp3) is 0.0667. The highest BCUT2D eigenvalue weighted by Crippen LogP contribution is 2.55. The summed E-state index contributed by atoms with van der Waals surface area (Å²) in [7, 11) is 0. The number of hydrogen-bond donors (Lipinski definition) is 0. The Morgan fingerprint density at radius 2 is 1.00 bits per heavy atom. The minimum absolute atomic E-state index is 0.236. The van der Waals surface area contributed by atoms with E-state index in [1.165, 1.54) is 55.6 Å². The molecule has 0 spiro atoms. The number of rotatable bonds is 5. The Kier molecular flexibility index (Phi) is 6.20. The fourth-order valence-corrected chi connectivity index (χ4v) is 7.55. The first-order chi connectivity index (χ1) is 23.1. The van der Waals surface area contributed by atoms with E-state index in [9.17, 15) is 0 Å². The zero-order valence-electron chi connectivity index (χ0n) is 26.4. The van der Waals surface area contributed by atoms with Crippen molar-refractivity contribution in [2.75, 3.05) is 4.90 Å². The SMILES string of the molecule is CC1(C)c2cc3c(cc2-c2cccc(N(c4ccc(-c5ccccc5)cc4)c4ccc(-c5ccccc5)cc4)c21)oc1ccccc13. The summed E-state index contributed by atoms with van der Waals surface area (Å²) in [6.07, 6.45) is 0. The minimum atomic E-state index is -0.236. The number of anilines is 3. The molecule has 0 aliphatic heterocycles. The van der Waals surface area contributed by atoms with E-state index >= 15 is 0 Å². The molecule has 0 bridgehead atoms. The largest absolute Gasteiger partial charge is 0.456 e. The van der Waals surface area contributed by atoms with Crippen LogP contribution in [0, 0.1) is 0 Å². The van der Waals surface area contributed by atoms with Crippen molar-refractivity contribution in [2.45, 2.75) is 19.3 Å². The number of fused-ring (bicyclic) bond motifs is 6. The standard InChI is InChI=1S/C45H33NO/c1-45(2)40-28-39-36-16-9-10-19-42(36)47-43(39)29-38(40)37-17-11-18-41(44(37)45)46(34-24-20-32(21-25-34)30-12-5-3-6-13-30)35-26-22-33(23-27-35)31-14-7-4-8-15-31/h3-29H,1-2H3. The van der Waals surface area contributed by atoms with Crippen LogP contribution < -0.4 is 4.90 Å². The predicted octanol–water partition coefficient (Wildman–Crippen LogP) is 12.7. The lowest BCUT2D eigenvalue weighted by Gasteiger charge is -2.32. The maximum absolute atomic E-state index is 6.36. The lowest BCUT2D eigenvalue weighted by molar-refractivity contribution is 0.658. The van der Waals surface area contributed by atoms with Gasteiger partial charge in [0.05, 0.1) is 5.69 Å². The third-order valence-electron chi connectivity index (χ3n) is 9.85. The third-order valence-corrected chi connectivity index (χ3v) is 9.85. The second-order valence-electron chi connectivity index (χ2n) is 13.0. The van der Waals surface area contributed by atoms with E-state index in [0.717, 1.165) is 27.9 Å². The highest BCUT2D eigenvalue weighted by atomic mass is 16.3. The maximum atomic E-state index is 6.36. The number of para-hydroxylation sites is 1. The van der Waals surface area contributed by atoms with Crippen molar-refractivity contribution in [3.05, 3.63) is 175 Å². The van der Waals surface area contributed by atoms with Gasteiger partial charge < -0.3 is 9.32 Å². The van der Waals surface area contributed by atoms with Crippen molar-refractivity contribution in [3.8, 4) is 33.4 Å². The van der Waals surface area contributed by atoms with Crippen molar-refractivity contribution in [1.29, 1.82) is 0 Å². The van der Waals surface area contributed by atoms with Gasteiger partial charge in [-0.15, -0.1) is 0 Å². The Hall–Kier alpha value is -5.86. The number of benzene rings is 7. The van der Waals surface area contributed by atoms with E-state index in [2.05, 4.69) is 176 Å². The lowest BCUT2D eigenvalue weighted by atomic mass is 9.80. The molecule has 0 N–H and O–H groups in total. The monoisotopic (exact) mass is 603 g/mol. The van der Waals surface area contributed by atoms with Gasteiger partial charge in [0.15, 0.2) is 0 Å². The zero-order chi connectivity index (χ0) is 31.5. The molecule has 224 valence electrons. The molecular weight excluding hydrogens is 571 g/mol. The highest BCUT2D eigenvalue weighted by molar-refractivity contribution is 6.08. The van der Waals surface area contributed by atoms with Crippen LogP contribution in [0.2, 0.25) is 0 Å². The molecule has 1 aliphatic carbocycles. The van der Waals surface area contributed by atoms with Crippen LogP contribution in [-0.4, -0.2) is 0 Å². The highest BCUT2D eigenvalue weighted by Gasteiger charge is 2.39. The van der Waals surface area contributed by atoms with Crippen LogP contribution in [0.1, 0.15) is 25.0 Å². The van der Waals surface area contributed by atoms with E-state index in [0.29, 0.717) is 0 Å². The average molecular weight is 604 g/mol. The van der Waals surface area contributed by atoms with Crippen LogP contribution in [-0.2, 0) is 5.41 Å². The molecule has 0 amide bonds. The summed E-state index contributed by atoms with van der Waals surface area (Å²) in [5, 5.41) is 2.34. The fourth-order valence-electron chi connectivity index (χ4n) is 7.55. The molecule has 1 heterocycles. The molecule has 1 aromatic heterocycles. The Morgan fingerprint density at radius 1 is 0.447 bits per heavy atom. The van der Waals surface area contributed by atoms with Gasteiger partial charge in [-0.05, 0) is 93.0 Å². The second kappa shape index (κ2) is 10.6. The zero-order valence-corrected chi connectivity index (χ0v) is 26.4. The molecule has 2 nitrogen and oxygen atoms in total. The summed E-state index contributed by atoms with van der Waals surface area (Å²) in [6, 6.07) is 58.8. The molecule has 0 saturated carbocycles. The lowest BCUT2D eigenvalue weighted by Crippen LogP contribution is -2.20. The second-order valence-corrected chi connectivity index (χ2v) is 13.0. The van der Waals surface area contributed by atoms with Crippen molar-refractivity contribution in [1.82, 2.24) is 0 Å². The van der Waals surface area contributed by atoms with Gasteiger partial charge in [0.25, 0.3) is 0 Å². The van der Waals surface area contributed by atoms with Gasteiger partial charge >= 0.3 is 0 Å². The van der Waals surface area contributed by atoms with Crippen LogP contribution in [0.15, 0.2) is 168 Å². The van der Waals surface area contributed by atoms with Crippen LogP contribution >= 0.6 is 0 Å². The van der Waals surface area contributed by atoms with Gasteiger partial charge in [-0.3, -0.25) is 0 Å². The van der Waals surface area contributed by atoms with Crippen LogP contribution in [0.5, 0.6) is 0 Å². The molecule has 47 heavy (non-hydrogen) atoms. The predicted molar refractivity (Wildman–Crippen MR) is 197 cm³/mol. The topological polar surface area (TPSA) is 16.4 Å². The van der Waals surface area contributed by atoms with Crippen molar-refractivity contribution < 1.29 is 4.42 Å². The summed E-state index contributed by atoms with van der Waals surface area (Å²) in [5.74, 6) is 0. The van der Waals surface area contributed by atoms with Gasteiger partial charge in [-0.25, -0.2) is 0 Å². The Balaban J connectivity index is 1.22. The van der Waals surface area contributed by atoms with Crippen LogP contribution in [0.3, 0.4) is 0 Å². The smallest absolute Gasteiger partial charge is 0.136 e. The molecule has 0 fully saturated rings. The van der Waals surface area contributed by atoms with E-state index in [-0.39, 0.29) is 5.41 Å². The molecule has 7 aromatic carbocycles. The van der Waals surface area contributed by atoms with E-state index in [4.69, 9.17) is 4.42 Å². The van der Waals surface area contributed by atoms with Gasteiger partial charge in [0.1, 0.15) is 11.2 Å². The summed E-state index contributed by atoms with van der Waals surface area (Å²) in [4.78, 5) is 2.43. The van der Waals surface area contributed by atoms with Crippen molar-refractivity contribution >= 4 is 39.0 Å². The van der Waals surface area contributed by atoms with Crippen molar-refractivity contribution in [2.24, 2.45) is 0 Å². The number of hydrogen-bond acceptors (Lipinski definition) is 2. The maximum Gasteiger partial charge on any atom is 0.136 e. The minimum Gasteiger partial charge on any atom is -0.456 e. The Morgan fingerprint density at radius 3 is 1.62 bits per heavy atom. The molecule has 8 aromatic rings. The van der Waals surface area contributed by atoms with Crippen LogP contribution in [0.25, 0.3) is 55.3 Å². The summed E-state index contributed by atoms with van der Waals surface area (Å²) < 4.78 is 6.36. The van der Waals surface area contributed by atoms with E-state index in [1.54, 1.807) is 0 Å². The summed E-state index contributed by atoms with van der Waals surface area (Å²) in [6.45, 7) is 4.73. The normalized spacial score (nSPS) is 13.1. The Labute approximate surface area is 275 Å².